The zero-order valence-electron chi connectivity index (χ0n) is 16.1. The van der Waals surface area contributed by atoms with E-state index in [-0.39, 0.29) is 8.80 Å². The predicted octanol–water partition coefficient (Wildman–Crippen LogP) is 6.42. The van der Waals surface area contributed by atoms with Crippen LogP contribution in [0.2, 0.25) is 12.1 Å². The SMILES string of the molecule is CCCCCCCC[Si](CCCCCn1cccc1)c1ccccc1. The van der Waals surface area contributed by atoms with Gasteiger partial charge < -0.3 is 4.57 Å². The molecular weight excluding hydrogens is 318 g/mol. The Morgan fingerprint density at radius 3 is 1.96 bits per heavy atom. The van der Waals surface area contributed by atoms with Crippen LogP contribution in [0.3, 0.4) is 0 Å². The molecule has 0 aliphatic heterocycles. The van der Waals surface area contributed by atoms with Crippen LogP contribution in [-0.4, -0.2) is 13.4 Å². The maximum atomic E-state index is 2.38. The van der Waals surface area contributed by atoms with E-state index in [9.17, 15) is 0 Å². The number of unbranched alkanes of at least 4 members (excludes halogenated alkanes) is 7. The molecule has 1 aromatic heterocycles. The molecule has 0 aliphatic rings. The standard InChI is InChI=1S/C23H36NSi/c1-2-3-4-5-6-14-21-25(23-16-9-7-10-17-23)22-15-8-11-18-24-19-12-13-20-24/h7,9-10,12-13,16-17,19-20H,2-6,8,11,14-15,18,21-22H2,1H3. The molecule has 2 rings (SSSR count). The van der Waals surface area contributed by atoms with Crippen molar-refractivity contribution in [3.05, 3.63) is 54.9 Å². The first-order valence-electron chi connectivity index (χ1n) is 10.4. The van der Waals surface area contributed by atoms with Gasteiger partial charge in [0.25, 0.3) is 0 Å². The summed E-state index contributed by atoms with van der Waals surface area (Å²) in [6.07, 6.45) is 17.0. The lowest BCUT2D eigenvalue weighted by Gasteiger charge is -2.15. The highest BCUT2D eigenvalue weighted by Gasteiger charge is 2.13. The molecule has 0 unspecified atom stereocenters. The Labute approximate surface area is 157 Å². The van der Waals surface area contributed by atoms with Crippen molar-refractivity contribution in [1.29, 1.82) is 0 Å². The van der Waals surface area contributed by atoms with Crippen molar-refractivity contribution in [2.45, 2.75) is 83.3 Å². The van der Waals surface area contributed by atoms with Gasteiger partial charge in [-0.1, -0.05) is 106 Å². The molecule has 0 aliphatic carbocycles. The first-order chi connectivity index (χ1) is 12.4. The van der Waals surface area contributed by atoms with E-state index in [1.807, 2.05) is 0 Å². The molecule has 1 heterocycles. The quantitative estimate of drug-likeness (QED) is 0.272. The maximum absolute atomic E-state index is 2.38. The lowest BCUT2D eigenvalue weighted by molar-refractivity contribution is 0.602. The van der Waals surface area contributed by atoms with Crippen LogP contribution < -0.4 is 5.19 Å². The van der Waals surface area contributed by atoms with Gasteiger partial charge >= 0.3 is 0 Å². The molecule has 0 N–H and O–H groups in total. The molecule has 25 heavy (non-hydrogen) atoms. The second kappa shape index (κ2) is 13.0. The van der Waals surface area contributed by atoms with Crippen LogP contribution in [0.15, 0.2) is 54.9 Å². The van der Waals surface area contributed by atoms with Crippen molar-refractivity contribution >= 4 is 14.0 Å². The number of benzene rings is 1. The lowest BCUT2D eigenvalue weighted by atomic mass is 10.1. The summed E-state index contributed by atoms with van der Waals surface area (Å²) in [5.41, 5.74) is 0. The Balaban J connectivity index is 1.67. The van der Waals surface area contributed by atoms with Crippen molar-refractivity contribution < 1.29 is 0 Å². The largest absolute Gasteiger partial charge is 0.354 e. The van der Waals surface area contributed by atoms with E-state index in [1.165, 1.54) is 76.4 Å². The van der Waals surface area contributed by atoms with Gasteiger partial charge in [0.2, 0.25) is 0 Å². The highest BCUT2D eigenvalue weighted by molar-refractivity contribution is 6.73. The molecule has 1 nitrogen and oxygen atoms in total. The van der Waals surface area contributed by atoms with Gasteiger partial charge in [-0.05, 0) is 18.6 Å². The molecule has 0 fully saturated rings. The maximum Gasteiger partial charge on any atom is 0.0856 e. The Morgan fingerprint density at radius 1 is 0.680 bits per heavy atom. The second-order valence-electron chi connectivity index (χ2n) is 7.22. The van der Waals surface area contributed by atoms with E-state index in [0.717, 1.165) is 0 Å². The molecule has 1 aromatic carbocycles. The zero-order chi connectivity index (χ0) is 17.6. The summed E-state index contributed by atoms with van der Waals surface area (Å²) in [6, 6.07) is 18.5. The van der Waals surface area contributed by atoms with Crippen molar-refractivity contribution in [1.82, 2.24) is 4.57 Å². The number of rotatable bonds is 14. The number of hydrogen-bond acceptors (Lipinski definition) is 0. The predicted molar refractivity (Wildman–Crippen MR) is 113 cm³/mol. The van der Waals surface area contributed by atoms with Gasteiger partial charge in [-0.3, -0.25) is 0 Å². The van der Waals surface area contributed by atoms with Crippen LogP contribution in [0.25, 0.3) is 0 Å². The molecule has 0 bridgehead atoms. The van der Waals surface area contributed by atoms with Gasteiger partial charge in [-0.2, -0.15) is 0 Å². The smallest absolute Gasteiger partial charge is 0.0856 e. The van der Waals surface area contributed by atoms with Gasteiger partial charge in [0.05, 0.1) is 8.80 Å². The summed E-state index contributed by atoms with van der Waals surface area (Å²) >= 11 is 0. The molecule has 137 valence electrons. The average molecular weight is 355 g/mol. The third-order valence-electron chi connectivity index (χ3n) is 5.08. The fourth-order valence-electron chi connectivity index (χ4n) is 3.54. The van der Waals surface area contributed by atoms with E-state index in [2.05, 4.69) is 66.3 Å². The van der Waals surface area contributed by atoms with Crippen molar-refractivity contribution in [3.8, 4) is 0 Å². The third kappa shape index (κ3) is 8.58. The van der Waals surface area contributed by atoms with Gasteiger partial charge in [0, 0.05) is 18.9 Å². The first kappa shape index (κ1) is 20.0. The minimum Gasteiger partial charge on any atom is -0.354 e. The van der Waals surface area contributed by atoms with Crippen LogP contribution in [0, 0.1) is 0 Å². The summed E-state index contributed by atoms with van der Waals surface area (Å²) in [4.78, 5) is 0. The van der Waals surface area contributed by atoms with Gasteiger partial charge in [0.15, 0.2) is 0 Å². The Kier molecular flexibility index (Phi) is 10.4. The third-order valence-corrected chi connectivity index (χ3v) is 8.14. The Morgan fingerprint density at radius 2 is 1.28 bits per heavy atom. The molecule has 1 radical (unpaired) electrons. The molecule has 0 saturated carbocycles. The van der Waals surface area contributed by atoms with Crippen LogP contribution in [-0.2, 0) is 6.54 Å². The molecule has 0 saturated heterocycles. The summed E-state index contributed by atoms with van der Waals surface area (Å²) in [6.45, 7) is 3.48. The fourth-order valence-corrected chi connectivity index (χ4v) is 6.38. The minimum atomic E-state index is -0.355. The van der Waals surface area contributed by atoms with E-state index in [0.29, 0.717) is 0 Å². The van der Waals surface area contributed by atoms with Gasteiger partial charge in [-0.25, -0.2) is 0 Å². The summed E-state index contributed by atoms with van der Waals surface area (Å²) < 4.78 is 2.30. The van der Waals surface area contributed by atoms with Crippen molar-refractivity contribution in [2.75, 3.05) is 0 Å². The fraction of sp³-hybridized carbons (Fsp3) is 0.565. The van der Waals surface area contributed by atoms with Crippen LogP contribution in [0.5, 0.6) is 0 Å². The molecule has 2 aromatic rings. The van der Waals surface area contributed by atoms with Gasteiger partial charge in [0.1, 0.15) is 0 Å². The Hall–Kier alpha value is -1.28. The Bertz CT molecular complexity index is 520. The lowest BCUT2D eigenvalue weighted by Crippen LogP contribution is -2.29. The van der Waals surface area contributed by atoms with Gasteiger partial charge in [-0.15, -0.1) is 0 Å². The molecule has 0 amide bonds. The normalized spacial score (nSPS) is 11.3. The van der Waals surface area contributed by atoms with E-state index < -0.39 is 0 Å². The minimum absolute atomic E-state index is 0.355. The second-order valence-corrected chi connectivity index (χ2v) is 10.0. The molecule has 0 atom stereocenters. The van der Waals surface area contributed by atoms with Crippen LogP contribution in [0.1, 0.15) is 64.7 Å². The highest BCUT2D eigenvalue weighted by atomic mass is 28.3. The monoisotopic (exact) mass is 354 g/mol. The van der Waals surface area contributed by atoms with E-state index in [1.54, 1.807) is 5.19 Å². The van der Waals surface area contributed by atoms with E-state index in [4.69, 9.17) is 0 Å². The summed E-state index contributed by atoms with van der Waals surface area (Å²) in [7, 11) is -0.355. The number of hydrogen-bond donors (Lipinski definition) is 0. The van der Waals surface area contributed by atoms with E-state index >= 15 is 0 Å². The zero-order valence-corrected chi connectivity index (χ0v) is 17.1. The first-order valence-corrected chi connectivity index (χ1v) is 12.3. The summed E-state index contributed by atoms with van der Waals surface area (Å²) in [5, 5.41) is 1.66. The van der Waals surface area contributed by atoms with Crippen LogP contribution >= 0.6 is 0 Å². The number of nitrogens with zero attached hydrogens (tertiary/aromatic N) is 1. The van der Waals surface area contributed by atoms with Crippen molar-refractivity contribution in [3.63, 3.8) is 0 Å². The molecule has 0 spiro atoms. The summed E-state index contributed by atoms with van der Waals surface area (Å²) in [5.74, 6) is 0. The average Bonchev–Trinajstić information content (AvgIpc) is 3.17. The molecule has 2 heteroatoms. The topological polar surface area (TPSA) is 4.93 Å². The number of aryl methyl sites for hydroxylation is 1. The molecular formula is C23H36NSi. The van der Waals surface area contributed by atoms with Crippen LogP contribution in [0.4, 0.5) is 0 Å². The highest BCUT2D eigenvalue weighted by Crippen LogP contribution is 2.14. The van der Waals surface area contributed by atoms with Crippen molar-refractivity contribution in [2.24, 2.45) is 0 Å². The number of aromatic nitrogens is 1.